The van der Waals surface area contributed by atoms with Crippen molar-refractivity contribution in [3.05, 3.63) is 11.8 Å². The van der Waals surface area contributed by atoms with Crippen molar-refractivity contribution in [3.8, 4) is 0 Å². The second kappa shape index (κ2) is 3.68. The van der Waals surface area contributed by atoms with Crippen LogP contribution in [0.4, 0.5) is 0 Å². The van der Waals surface area contributed by atoms with Gasteiger partial charge in [0.15, 0.2) is 0 Å². The first-order chi connectivity index (χ1) is 3.31. The van der Waals surface area contributed by atoms with E-state index in [0.717, 1.165) is 11.8 Å². The molecule has 0 aliphatic rings. The minimum absolute atomic E-state index is 0.114. The summed E-state index contributed by atoms with van der Waals surface area (Å²) < 4.78 is 0. The standard InChI is InChI=1S/C5H10O2/c1-5(4-7)2-3-6/h4,6-7H,2-3H2,1H3. The van der Waals surface area contributed by atoms with Gasteiger partial charge in [0.05, 0.1) is 6.26 Å². The largest absolute Gasteiger partial charge is 0.516 e. The Labute approximate surface area is 43.1 Å². The maximum absolute atomic E-state index is 8.22. The fraction of sp³-hybridized carbons (Fsp3) is 0.600. The summed E-state index contributed by atoms with van der Waals surface area (Å²) in [4.78, 5) is 0. The molecular weight excluding hydrogens is 92.1 g/mol. The Kier molecular flexibility index (Phi) is 3.42. The molecule has 2 heteroatoms. The molecule has 0 fully saturated rings. The Morgan fingerprint density at radius 3 is 2.43 bits per heavy atom. The second-order valence-corrected chi connectivity index (χ2v) is 1.45. The number of hydrogen-bond acceptors (Lipinski definition) is 2. The van der Waals surface area contributed by atoms with Crippen molar-refractivity contribution in [2.75, 3.05) is 6.61 Å². The molecule has 2 N–H and O–H groups in total. The molecule has 0 aliphatic carbocycles. The third-order valence-electron chi connectivity index (χ3n) is 0.727. The van der Waals surface area contributed by atoms with E-state index in [4.69, 9.17) is 10.2 Å². The molecule has 0 aliphatic heterocycles. The van der Waals surface area contributed by atoms with E-state index in [1.54, 1.807) is 6.92 Å². The monoisotopic (exact) mass is 102 g/mol. The molecule has 42 valence electrons. The van der Waals surface area contributed by atoms with Crippen molar-refractivity contribution in [1.29, 1.82) is 0 Å². The molecular formula is C5H10O2. The van der Waals surface area contributed by atoms with Gasteiger partial charge in [-0.15, -0.1) is 0 Å². The lowest BCUT2D eigenvalue weighted by Crippen LogP contribution is -1.82. The van der Waals surface area contributed by atoms with Gasteiger partial charge >= 0.3 is 0 Å². The Morgan fingerprint density at radius 2 is 2.29 bits per heavy atom. The third-order valence-corrected chi connectivity index (χ3v) is 0.727. The van der Waals surface area contributed by atoms with Gasteiger partial charge in [-0.3, -0.25) is 0 Å². The zero-order valence-electron chi connectivity index (χ0n) is 4.39. The highest BCUT2D eigenvalue weighted by atomic mass is 16.3. The van der Waals surface area contributed by atoms with Crippen LogP contribution in [0.15, 0.2) is 11.8 Å². The van der Waals surface area contributed by atoms with Gasteiger partial charge < -0.3 is 10.2 Å². The maximum Gasteiger partial charge on any atom is 0.0781 e. The summed E-state index contributed by atoms with van der Waals surface area (Å²) in [5.41, 5.74) is 0.808. The number of hydrogen-bond donors (Lipinski definition) is 2. The first-order valence-electron chi connectivity index (χ1n) is 2.22. The van der Waals surface area contributed by atoms with Crippen molar-refractivity contribution in [2.24, 2.45) is 0 Å². The van der Waals surface area contributed by atoms with E-state index in [1.807, 2.05) is 0 Å². The van der Waals surface area contributed by atoms with E-state index in [1.165, 1.54) is 0 Å². The molecule has 2 nitrogen and oxygen atoms in total. The molecule has 0 spiro atoms. The minimum atomic E-state index is 0.114. The lowest BCUT2D eigenvalue weighted by atomic mass is 10.2. The molecule has 0 radical (unpaired) electrons. The fourth-order valence-corrected chi connectivity index (χ4v) is 0.241. The maximum atomic E-state index is 8.22. The predicted molar refractivity (Wildman–Crippen MR) is 28.1 cm³/mol. The van der Waals surface area contributed by atoms with Gasteiger partial charge in [-0.2, -0.15) is 0 Å². The van der Waals surface area contributed by atoms with E-state index in [9.17, 15) is 0 Å². The first kappa shape index (κ1) is 6.50. The predicted octanol–water partition coefficient (Wildman–Crippen LogP) is 0.831. The van der Waals surface area contributed by atoms with Gasteiger partial charge in [0.25, 0.3) is 0 Å². The van der Waals surface area contributed by atoms with E-state index >= 15 is 0 Å². The topological polar surface area (TPSA) is 40.5 Å². The fourth-order valence-electron chi connectivity index (χ4n) is 0.241. The average molecular weight is 102 g/mol. The van der Waals surface area contributed by atoms with E-state index in [2.05, 4.69) is 0 Å². The van der Waals surface area contributed by atoms with Gasteiger partial charge in [-0.1, -0.05) is 0 Å². The molecule has 0 bridgehead atoms. The van der Waals surface area contributed by atoms with Gasteiger partial charge in [0, 0.05) is 6.61 Å². The molecule has 0 saturated carbocycles. The van der Waals surface area contributed by atoms with E-state index in [-0.39, 0.29) is 6.61 Å². The van der Waals surface area contributed by atoms with Crippen LogP contribution in [0.5, 0.6) is 0 Å². The van der Waals surface area contributed by atoms with Gasteiger partial charge in [-0.05, 0) is 18.9 Å². The smallest absolute Gasteiger partial charge is 0.0781 e. The van der Waals surface area contributed by atoms with Crippen LogP contribution in [-0.2, 0) is 0 Å². The van der Waals surface area contributed by atoms with E-state index < -0.39 is 0 Å². The first-order valence-corrected chi connectivity index (χ1v) is 2.22. The number of rotatable bonds is 2. The van der Waals surface area contributed by atoms with Crippen LogP contribution in [0.1, 0.15) is 13.3 Å². The summed E-state index contributed by atoms with van der Waals surface area (Å²) in [5.74, 6) is 0. The van der Waals surface area contributed by atoms with Crippen molar-refractivity contribution in [2.45, 2.75) is 13.3 Å². The summed E-state index contributed by atoms with van der Waals surface area (Å²) in [6.07, 6.45) is 1.58. The molecule has 0 aromatic carbocycles. The summed E-state index contributed by atoms with van der Waals surface area (Å²) >= 11 is 0. The molecule has 0 saturated heterocycles. The normalized spacial score (nSPS) is 12.0. The van der Waals surface area contributed by atoms with Crippen molar-refractivity contribution in [3.63, 3.8) is 0 Å². The average Bonchev–Trinajstić information content (AvgIpc) is 1.68. The minimum Gasteiger partial charge on any atom is -0.516 e. The van der Waals surface area contributed by atoms with Crippen molar-refractivity contribution >= 4 is 0 Å². The van der Waals surface area contributed by atoms with Crippen LogP contribution >= 0.6 is 0 Å². The van der Waals surface area contributed by atoms with Gasteiger partial charge in [0.1, 0.15) is 0 Å². The zero-order chi connectivity index (χ0) is 5.70. The molecule has 7 heavy (non-hydrogen) atoms. The number of aliphatic hydroxyl groups excluding tert-OH is 2. The summed E-state index contributed by atoms with van der Waals surface area (Å²) in [6.45, 7) is 1.87. The van der Waals surface area contributed by atoms with Crippen LogP contribution in [0, 0.1) is 0 Å². The summed E-state index contributed by atoms with van der Waals surface area (Å²) in [5, 5.41) is 16.4. The lowest BCUT2D eigenvalue weighted by molar-refractivity contribution is 0.297. The molecule has 0 heterocycles. The molecule has 0 unspecified atom stereocenters. The highest BCUT2D eigenvalue weighted by Crippen LogP contribution is 1.93. The molecule has 0 aromatic rings. The van der Waals surface area contributed by atoms with Crippen LogP contribution in [0.3, 0.4) is 0 Å². The SMILES string of the molecule is CC(=CO)CCO. The summed E-state index contributed by atoms with van der Waals surface area (Å²) in [6, 6.07) is 0. The van der Waals surface area contributed by atoms with Gasteiger partial charge in [0.2, 0.25) is 0 Å². The quantitative estimate of drug-likeness (QED) is 0.507. The highest BCUT2D eigenvalue weighted by Gasteiger charge is 1.82. The van der Waals surface area contributed by atoms with Crippen LogP contribution in [0.2, 0.25) is 0 Å². The molecule has 0 rings (SSSR count). The van der Waals surface area contributed by atoms with Crippen molar-refractivity contribution < 1.29 is 10.2 Å². The Morgan fingerprint density at radius 1 is 1.71 bits per heavy atom. The number of aliphatic hydroxyl groups is 2. The second-order valence-electron chi connectivity index (χ2n) is 1.45. The third kappa shape index (κ3) is 3.33. The van der Waals surface area contributed by atoms with Crippen LogP contribution in [0.25, 0.3) is 0 Å². The molecule has 0 atom stereocenters. The van der Waals surface area contributed by atoms with E-state index in [0.29, 0.717) is 6.42 Å². The summed E-state index contributed by atoms with van der Waals surface area (Å²) in [7, 11) is 0. The molecule has 0 aromatic heterocycles. The van der Waals surface area contributed by atoms with Crippen LogP contribution in [-0.4, -0.2) is 16.8 Å². The Bertz CT molecular complexity index is 66.5. The Balaban J connectivity index is 3.17. The Hall–Kier alpha value is -0.500. The van der Waals surface area contributed by atoms with Crippen molar-refractivity contribution in [1.82, 2.24) is 0 Å². The molecule has 0 amide bonds. The van der Waals surface area contributed by atoms with Crippen LogP contribution < -0.4 is 0 Å². The van der Waals surface area contributed by atoms with Gasteiger partial charge in [-0.25, -0.2) is 0 Å². The highest BCUT2D eigenvalue weighted by molar-refractivity contribution is 4.90. The lowest BCUT2D eigenvalue weighted by Gasteiger charge is -1.89. The zero-order valence-corrected chi connectivity index (χ0v) is 4.39.